The van der Waals surface area contributed by atoms with Crippen LogP contribution in [0.4, 0.5) is 5.69 Å². The molecule has 0 fully saturated rings. The Labute approximate surface area is 168 Å². The first-order valence-corrected chi connectivity index (χ1v) is 10.8. The first-order chi connectivity index (χ1) is 12.6. The summed E-state index contributed by atoms with van der Waals surface area (Å²) in [5.41, 5.74) is 1.53. The van der Waals surface area contributed by atoms with Gasteiger partial charge < -0.3 is 10.1 Å². The van der Waals surface area contributed by atoms with E-state index in [2.05, 4.69) is 26.2 Å². The minimum atomic E-state index is -0.139. The van der Waals surface area contributed by atoms with Crippen molar-refractivity contribution in [3.8, 4) is 0 Å². The molecule has 0 radical (unpaired) electrons. The van der Waals surface area contributed by atoms with Crippen LogP contribution in [0.2, 0.25) is 0 Å². The van der Waals surface area contributed by atoms with Crippen LogP contribution >= 0.6 is 39.5 Å². The highest BCUT2D eigenvalue weighted by Gasteiger charge is 2.22. The van der Waals surface area contributed by atoms with Gasteiger partial charge in [-0.05, 0) is 24.3 Å². The average Bonchev–Trinajstić information content (AvgIpc) is 3.10. The third-order valence-corrected chi connectivity index (χ3v) is 6.34. The number of aryl methyl sites for hydroxylation is 1. The Balaban J connectivity index is 1.72. The lowest BCUT2D eigenvalue weighted by atomic mass is 10.3. The number of hydrogen-bond acceptors (Lipinski definition) is 6. The molecule has 9 heteroatoms. The van der Waals surface area contributed by atoms with E-state index in [1.165, 1.54) is 11.8 Å². The highest BCUT2D eigenvalue weighted by Crippen LogP contribution is 2.28. The number of amides is 1. The molecule has 0 spiro atoms. The van der Waals surface area contributed by atoms with Gasteiger partial charge in [0.15, 0.2) is 5.16 Å². The molecule has 6 nitrogen and oxygen atoms in total. The fourth-order valence-electron chi connectivity index (χ4n) is 2.47. The van der Waals surface area contributed by atoms with Gasteiger partial charge in [-0.1, -0.05) is 27.7 Å². The number of ether oxygens (including phenoxy) is 1. The van der Waals surface area contributed by atoms with Gasteiger partial charge in [0.25, 0.3) is 5.56 Å². The van der Waals surface area contributed by atoms with Crippen molar-refractivity contribution < 1.29 is 9.53 Å². The van der Waals surface area contributed by atoms with Crippen LogP contribution < -0.4 is 10.9 Å². The topological polar surface area (TPSA) is 73.2 Å². The van der Waals surface area contributed by atoms with Gasteiger partial charge in [-0.25, -0.2) is 4.98 Å². The third-order valence-electron chi connectivity index (χ3n) is 3.73. The highest BCUT2D eigenvalue weighted by atomic mass is 79.9. The van der Waals surface area contributed by atoms with Crippen molar-refractivity contribution in [2.45, 2.75) is 23.0 Å². The summed E-state index contributed by atoms with van der Waals surface area (Å²) in [6.45, 7) is 0.844. The summed E-state index contributed by atoms with van der Waals surface area (Å²) in [5.74, 6) is 0.918. The summed E-state index contributed by atoms with van der Waals surface area (Å²) >= 11 is 6.19. The molecule has 2 heterocycles. The Morgan fingerprint density at radius 3 is 2.92 bits per heavy atom. The van der Waals surface area contributed by atoms with E-state index < -0.39 is 0 Å². The monoisotopic (exact) mass is 455 g/mol. The molecule has 0 unspecified atom stereocenters. The normalized spacial score (nSPS) is 12.8. The van der Waals surface area contributed by atoms with E-state index in [0.29, 0.717) is 18.3 Å². The molecule has 1 aromatic heterocycles. The minimum Gasteiger partial charge on any atom is -0.383 e. The summed E-state index contributed by atoms with van der Waals surface area (Å²) < 4.78 is 7.66. The van der Waals surface area contributed by atoms with Crippen molar-refractivity contribution in [2.24, 2.45) is 0 Å². The van der Waals surface area contributed by atoms with Gasteiger partial charge >= 0.3 is 0 Å². The number of anilines is 1. The molecular weight excluding hydrogens is 438 g/mol. The molecule has 26 heavy (non-hydrogen) atoms. The van der Waals surface area contributed by atoms with Gasteiger partial charge in [-0.2, -0.15) is 0 Å². The summed E-state index contributed by atoms with van der Waals surface area (Å²) in [5, 5.41) is 3.41. The summed E-state index contributed by atoms with van der Waals surface area (Å²) in [4.78, 5) is 30.3. The van der Waals surface area contributed by atoms with Crippen LogP contribution in [0, 0.1) is 0 Å². The van der Waals surface area contributed by atoms with E-state index in [9.17, 15) is 9.59 Å². The van der Waals surface area contributed by atoms with Crippen molar-refractivity contribution >= 4 is 51.0 Å². The van der Waals surface area contributed by atoms with Crippen LogP contribution in [-0.2, 0) is 22.5 Å². The van der Waals surface area contributed by atoms with E-state index in [4.69, 9.17) is 4.74 Å². The van der Waals surface area contributed by atoms with Gasteiger partial charge in [-0.3, -0.25) is 14.2 Å². The van der Waals surface area contributed by atoms with Crippen molar-refractivity contribution in [1.82, 2.24) is 9.55 Å². The minimum absolute atomic E-state index is 0.0367. The molecule has 0 aliphatic carbocycles. The molecule has 0 bridgehead atoms. The second-order valence-corrected chi connectivity index (χ2v) is 8.53. The molecule has 138 valence electrons. The number of nitrogens with one attached hydrogen (secondary N) is 1. The molecule has 1 aliphatic heterocycles. The zero-order valence-electron chi connectivity index (χ0n) is 14.2. The number of carbonyl (C=O) groups is 1. The molecular formula is C17H18BrN3O3S2. The largest absolute Gasteiger partial charge is 0.383 e. The van der Waals surface area contributed by atoms with E-state index in [1.54, 1.807) is 23.4 Å². The van der Waals surface area contributed by atoms with Crippen molar-refractivity contribution in [3.63, 3.8) is 0 Å². The highest BCUT2D eigenvalue weighted by molar-refractivity contribution is 9.10. The Morgan fingerprint density at radius 1 is 1.42 bits per heavy atom. The Kier molecular flexibility index (Phi) is 6.80. The number of benzene rings is 1. The zero-order chi connectivity index (χ0) is 18.5. The zero-order valence-corrected chi connectivity index (χ0v) is 17.4. The maximum atomic E-state index is 12.7. The molecule has 0 saturated heterocycles. The first-order valence-electron chi connectivity index (χ1n) is 8.02. The van der Waals surface area contributed by atoms with Gasteiger partial charge in [0, 0.05) is 29.4 Å². The van der Waals surface area contributed by atoms with Gasteiger partial charge in [0.2, 0.25) is 5.91 Å². The smallest absolute Gasteiger partial charge is 0.268 e. The average molecular weight is 456 g/mol. The number of rotatable bonds is 7. The number of nitrogens with zero attached hydrogens (tertiary/aromatic N) is 2. The molecule has 2 aromatic rings. The Morgan fingerprint density at radius 2 is 2.19 bits per heavy atom. The van der Waals surface area contributed by atoms with Gasteiger partial charge in [0.05, 0.1) is 29.5 Å². The molecule has 1 aromatic carbocycles. The molecule has 1 aliphatic rings. The SMILES string of the molecule is COCCn1c(SCC(=O)Nc2ccc(Br)cc2)nc2c(c1=O)SCC2. The molecule has 3 rings (SSSR count). The number of fused-ring (bicyclic) bond motifs is 1. The number of halogens is 1. The summed E-state index contributed by atoms with van der Waals surface area (Å²) in [6.07, 6.45) is 0.791. The number of aromatic nitrogens is 2. The maximum Gasteiger partial charge on any atom is 0.268 e. The summed E-state index contributed by atoms with van der Waals surface area (Å²) in [7, 11) is 1.60. The van der Waals surface area contributed by atoms with E-state index in [-0.39, 0.29) is 17.2 Å². The molecule has 1 amide bonds. The number of carbonyl (C=O) groups excluding carboxylic acids is 1. The Hall–Kier alpha value is -1.29. The van der Waals surface area contributed by atoms with Crippen LogP contribution in [0.3, 0.4) is 0 Å². The van der Waals surface area contributed by atoms with Gasteiger partial charge in [-0.15, -0.1) is 11.8 Å². The van der Waals surface area contributed by atoms with E-state index in [0.717, 1.165) is 32.9 Å². The lowest BCUT2D eigenvalue weighted by Crippen LogP contribution is -2.27. The molecule has 0 atom stereocenters. The molecule has 0 saturated carbocycles. The quantitative estimate of drug-likeness (QED) is 0.510. The van der Waals surface area contributed by atoms with Crippen molar-refractivity contribution in [3.05, 3.63) is 44.8 Å². The maximum absolute atomic E-state index is 12.7. The van der Waals surface area contributed by atoms with Crippen LogP contribution in [0.5, 0.6) is 0 Å². The van der Waals surface area contributed by atoms with Gasteiger partial charge in [0.1, 0.15) is 0 Å². The fraction of sp³-hybridized carbons (Fsp3) is 0.353. The van der Waals surface area contributed by atoms with Crippen molar-refractivity contribution in [1.29, 1.82) is 0 Å². The van der Waals surface area contributed by atoms with Crippen LogP contribution in [0.15, 0.2) is 43.6 Å². The van der Waals surface area contributed by atoms with E-state index >= 15 is 0 Å². The van der Waals surface area contributed by atoms with Crippen LogP contribution in [-0.4, -0.2) is 40.7 Å². The fourth-order valence-corrected chi connectivity index (χ4v) is 4.62. The third kappa shape index (κ3) is 4.70. The van der Waals surface area contributed by atoms with Crippen molar-refractivity contribution in [2.75, 3.05) is 30.5 Å². The second-order valence-electron chi connectivity index (χ2n) is 5.56. The summed E-state index contributed by atoms with van der Waals surface area (Å²) in [6, 6.07) is 7.38. The Bertz CT molecular complexity index is 856. The predicted molar refractivity (Wildman–Crippen MR) is 108 cm³/mol. The predicted octanol–water partition coefficient (Wildman–Crippen LogP) is 3.03. The number of thioether (sulfide) groups is 2. The first kappa shape index (κ1) is 19.5. The number of hydrogen-bond donors (Lipinski definition) is 1. The molecule has 1 N–H and O–H groups in total. The van der Waals surface area contributed by atoms with E-state index in [1.807, 2.05) is 24.3 Å². The standard InChI is InChI=1S/C17H18BrN3O3S2/c1-24-8-7-21-16(23)15-13(6-9-25-15)20-17(21)26-10-14(22)19-12-4-2-11(18)3-5-12/h2-5H,6-10H2,1H3,(H,19,22). The van der Waals surface area contributed by atoms with Crippen LogP contribution in [0.1, 0.15) is 5.69 Å². The van der Waals surface area contributed by atoms with Crippen LogP contribution in [0.25, 0.3) is 0 Å². The lowest BCUT2D eigenvalue weighted by molar-refractivity contribution is -0.113. The number of methoxy groups -OCH3 is 1. The lowest BCUT2D eigenvalue weighted by Gasteiger charge is -2.13. The second kappa shape index (κ2) is 9.07.